The molecule has 1 heterocycles. The summed E-state index contributed by atoms with van der Waals surface area (Å²) in [6, 6.07) is 17.5. The van der Waals surface area contributed by atoms with Gasteiger partial charge in [-0.25, -0.2) is 9.59 Å². The number of carbonyl (C=O) groups excluding carboxylic acids is 1. The van der Waals surface area contributed by atoms with E-state index in [9.17, 15) is 14.7 Å². The molecule has 0 aromatic heterocycles. The maximum Gasteiger partial charge on any atom is 0.411 e. The molecule has 3 rings (SSSR count). The molecular weight excluding hydrogens is 368 g/mol. The van der Waals surface area contributed by atoms with E-state index in [4.69, 9.17) is 4.74 Å². The van der Waals surface area contributed by atoms with Crippen molar-refractivity contribution in [3.8, 4) is 11.1 Å². The van der Waals surface area contributed by atoms with Crippen LogP contribution in [0.5, 0.6) is 0 Å². The van der Waals surface area contributed by atoms with Crippen LogP contribution in [0.15, 0.2) is 54.6 Å². The van der Waals surface area contributed by atoms with E-state index in [-0.39, 0.29) is 6.04 Å². The zero-order valence-electron chi connectivity index (χ0n) is 17.1. The van der Waals surface area contributed by atoms with Crippen LogP contribution in [0.1, 0.15) is 32.8 Å². The minimum absolute atomic E-state index is 0.0996. The fraction of sp³-hybridized carbons (Fsp3) is 0.391. The summed E-state index contributed by atoms with van der Waals surface area (Å²) in [5.74, 6) is -1.01. The largest absolute Gasteiger partial charge is 0.480 e. The first-order valence-electron chi connectivity index (χ1n) is 9.83. The van der Waals surface area contributed by atoms with Gasteiger partial charge in [-0.05, 0) is 43.9 Å². The molecule has 1 amide bonds. The van der Waals surface area contributed by atoms with Gasteiger partial charge in [-0.1, -0.05) is 54.6 Å². The van der Waals surface area contributed by atoms with Crippen molar-refractivity contribution in [2.24, 2.45) is 0 Å². The monoisotopic (exact) mass is 396 g/mol. The first-order chi connectivity index (χ1) is 13.7. The van der Waals surface area contributed by atoms with Crippen molar-refractivity contribution in [3.05, 3.63) is 60.2 Å². The van der Waals surface area contributed by atoms with Gasteiger partial charge in [0, 0.05) is 19.1 Å². The highest BCUT2D eigenvalue weighted by molar-refractivity contribution is 5.81. The van der Waals surface area contributed by atoms with Crippen LogP contribution in [-0.2, 0) is 16.1 Å². The van der Waals surface area contributed by atoms with E-state index in [0.717, 1.165) is 11.1 Å². The molecule has 154 valence electrons. The Morgan fingerprint density at radius 3 is 2.28 bits per heavy atom. The molecule has 2 aromatic rings. The van der Waals surface area contributed by atoms with Crippen LogP contribution in [0.3, 0.4) is 0 Å². The average molecular weight is 396 g/mol. The third-order valence-electron chi connectivity index (χ3n) is 4.87. The summed E-state index contributed by atoms with van der Waals surface area (Å²) in [6.07, 6.45) is -0.224. The Hall–Kier alpha value is -2.86. The van der Waals surface area contributed by atoms with Crippen LogP contribution in [-0.4, -0.2) is 46.3 Å². The van der Waals surface area contributed by atoms with Gasteiger partial charge in [0.05, 0.1) is 0 Å². The van der Waals surface area contributed by atoms with Crippen molar-refractivity contribution in [1.29, 1.82) is 0 Å². The first-order valence-corrected chi connectivity index (χ1v) is 9.83. The van der Waals surface area contributed by atoms with E-state index in [0.29, 0.717) is 19.5 Å². The minimum Gasteiger partial charge on any atom is -0.480 e. The van der Waals surface area contributed by atoms with Crippen LogP contribution in [0, 0.1) is 0 Å². The third kappa shape index (κ3) is 5.57. The number of carboxylic acids is 1. The number of nitrogens with one attached hydrogen (secondary N) is 1. The molecule has 1 fully saturated rings. The van der Waals surface area contributed by atoms with Crippen molar-refractivity contribution in [2.45, 2.75) is 51.4 Å². The second-order valence-electron chi connectivity index (χ2n) is 8.36. The number of aliphatic carboxylic acids is 1. The second-order valence-corrected chi connectivity index (χ2v) is 8.36. The molecule has 2 atom stereocenters. The van der Waals surface area contributed by atoms with Crippen LogP contribution in [0.25, 0.3) is 11.1 Å². The molecule has 1 aliphatic rings. The van der Waals surface area contributed by atoms with Crippen LogP contribution in [0.4, 0.5) is 4.79 Å². The zero-order chi connectivity index (χ0) is 21.0. The summed E-state index contributed by atoms with van der Waals surface area (Å²) >= 11 is 0. The fourth-order valence-electron chi connectivity index (χ4n) is 3.45. The molecule has 29 heavy (non-hydrogen) atoms. The lowest BCUT2D eigenvalue weighted by atomic mass is 10.0. The van der Waals surface area contributed by atoms with E-state index in [2.05, 4.69) is 41.7 Å². The third-order valence-corrected chi connectivity index (χ3v) is 4.87. The van der Waals surface area contributed by atoms with E-state index in [1.807, 2.05) is 18.2 Å². The van der Waals surface area contributed by atoms with Crippen LogP contribution >= 0.6 is 0 Å². The summed E-state index contributed by atoms with van der Waals surface area (Å²) in [5, 5.41) is 12.9. The molecular formula is C23H28N2O4. The molecule has 6 heteroatoms. The topological polar surface area (TPSA) is 78.9 Å². The summed E-state index contributed by atoms with van der Waals surface area (Å²) in [4.78, 5) is 25.3. The van der Waals surface area contributed by atoms with Crippen molar-refractivity contribution in [2.75, 3.05) is 6.54 Å². The number of likely N-dealkylation sites (tertiary alicyclic amines) is 1. The number of amides is 1. The van der Waals surface area contributed by atoms with Gasteiger partial charge in [0.15, 0.2) is 0 Å². The standard InChI is InChI=1S/C23H28N2O4/c1-23(2,3)29-22(28)25-15-19(13-20(25)21(26)27)24-14-16-9-11-18(12-10-16)17-7-5-4-6-8-17/h4-12,19-20,24H,13-15H2,1-3H3,(H,26,27)/t19-,20-/m0/s1. The molecule has 1 aliphatic heterocycles. The normalized spacial score (nSPS) is 19.2. The van der Waals surface area contributed by atoms with Gasteiger partial charge in [0.2, 0.25) is 0 Å². The predicted molar refractivity (Wildman–Crippen MR) is 111 cm³/mol. The fourth-order valence-corrected chi connectivity index (χ4v) is 3.45. The molecule has 0 bridgehead atoms. The van der Waals surface area contributed by atoms with Gasteiger partial charge in [-0.2, -0.15) is 0 Å². The summed E-state index contributed by atoms with van der Waals surface area (Å²) in [6.45, 7) is 6.23. The van der Waals surface area contributed by atoms with Gasteiger partial charge in [0.1, 0.15) is 11.6 Å². The maximum atomic E-state index is 12.4. The number of nitrogens with zero attached hydrogens (tertiary/aromatic N) is 1. The Kier molecular flexibility index (Phi) is 6.23. The summed E-state index contributed by atoms with van der Waals surface area (Å²) in [7, 11) is 0. The van der Waals surface area contributed by atoms with Crippen molar-refractivity contribution >= 4 is 12.1 Å². The molecule has 0 aliphatic carbocycles. The lowest BCUT2D eigenvalue weighted by Gasteiger charge is -2.26. The van der Waals surface area contributed by atoms with Gasteiger partial charge in [-0.15, -0.1) is 0 Å². The molecule has 0 spiro atoms. The van der Waals surface area contributed by atoms with Crippen molar-refractivity contribution in [1.82, 2.24) is 10.2 Å². The number of benzene rings is 2. The highest BCUT2D eigenvalue weighted by Crippen LogP contribution is 2.23. The Labute approximate surface area is 171 Å². The smallest absolute Gasteiger partial charge is 0.411 e. The number of hydrogen-bond donors (Lipinski definition) is 2. The first kappa shape index (κ1) is 20.9. The maximum absolute atomic E-state index is 12.4. The van der Waals surface area contributed by atoms with E-state index in [1.165, 1.54) is 10.5 Å². The highest BCUT2D eigenvalue weighted by atomic mass is 16.6. The van der Waals surface area contributed by atoms with Gasteiger partial charge in [-0.3, -0.25) is 4.90 Å². The van der Waals surface area contributed by atoms with E-state index in [1.54, 1.807) is 20.8 Å². The Balaban J connectivity index is 1.59. The molecule has 0 radical (unpaired) electrons. The van der Waals surface area contributed by atoms with E-state index >= 15 is 0 Å². The minimum atomic E-state index is -1.01. The lowest BCUT2D eigenvalue weighted by molar-refractivity contribution is -0.142. The van der Waals surface area contributed by atoms with Gasteiger partial charge < -0.3 is 15.2 Å². The zero-order valence-corrected chi connectivity index (χ0v) is 17.1. The Morgan fingerprint density at radius 1 is 1.07 bits per heavy atom. The SMILES string of the molecule is CC(C)(C)OC(=O)N1C[C@@H](NCc2ccc(-c3ccccc3)cc2)C[C@H]1C(=O)O. The highest BCUT2D eigenvalue weighted by Gasteiger charge is 2.41. The number of carboxylic acid groups (broad SMARTS) is 1. The summed E-state index contributed by atoms with van der Waals surface area (Å²) < 4.78 is 5.36. The van der Waals surface area contributed by atoms with Crippen molar-refractivity contribution < 1.29 is 19.4 Å². The van der Waals surface area contributed by atoms with Gasteiger partial charge >= 0.3 is 12.1 Å². The Morgan fingerprint density at radius 2 is 1.69 bits per heavy atom. The van der Waals surface area contributed by atoms with Gasteiger partial charge in [0.25, 0.3) is 0 Å². The Bertz CT molecular complexity index is 843. The number of rotatable bonds is 5. The molecule has 1 saturated heterocycles. The second kappa shape index (κ2) is 8.66. The molecule has 2 N–H and O–H groups in total. The quantitative estimate of drug-likeness (QED) is 0.801. The predicted octanol–water partition coefficient (Wildman–Crippen LogP) is 3.91. The number of carbonyl (C=O) groups is 2. The van der Waals surface area contributed by atoms with Crippen LogP contribution < -0.4 is 5.32 Å². The molecule has 0 saturated carbocycles. The van der Waals surface area contributed by atoms with Crippen molar-refractivity contribution in [3.63, 3.8) is 0 Å². The molecule has 2 aromatic carbocycles. The average Bonchev–Trinajstić information content (AvgIpc) is 3.11. The number of ether oxygens (including phenoxy) is 1. The van der Waals surface area contributed by atoms with E-state index < -0.39 is 23.7 Å². The lowest BCUT2D eigenvalue weighted by Crippen LogP contribution is -2.43. The molecule has 0 unspecified atom stereocenters. The molecule has 6 nitrogen and oxygen atoms in total. The number of hydrogen-bond acceptors (Lipinski definition) is 4. The summed E-state index contributed by atoms with van der Waals surface area (Å²) in [5.41, 5.74) is 2.76. The van der Waals surface area contributed by atoms with Crippen LogP contribution in [0.2, 0.25) is 0 Å².